The molecule has 0 N–H and O–H groups in total. The lowest BCUT2D eigenvalue weighted by molar-refractivity contribution is 0.0637. The molecule has 0 heterocycles. The molecule has 0 heteroatoms. The minimum absolute atomic E-state index is 1.03. The first-order valence-electron chi connectivity index (χ1n) is 8.12. The Hall–Kier alpha value is -0.260. The van der Waals surface area contributed by atoms with Crippen molar-refractivity contribution in [2.45, 2.75) is 64.2 Å². The van der Waals surface area contributed by atoms with E-state index in [4.69, 9.17) is 0 Å². The Morgan fingerprint density at radius 2 is 1.76 bits per heavy atom. The van der Waals surface area contributed by atoms with E-state index in [0.29, 0.717) is 0 Å². The van der Waals surface area contributed by atoms with Crippen LogP contribution < -0.4 is 0 Å². The van der Waals surface area contributed by atoms with E-state index in [2.05, 4.69) is 6.08 Å². The van der Waals surface area contributed by atoms with Gasteiger partial charge in [-0.2, -0.15) is 0 Å². The van der Waals surface area contributed by atoms with Crippen LogP contribution >= 0.6 is 0 Å². The largest absolute Gasteiger partial charge is 0.0847 e. The van der Waals surface area contributed by atoms with E-state index in [1.165, 1.54) is 32.1 Å². The number of rotatable bonds is 0. The van der Waals surface area contributed by atoms with Crippen molar-refractivity contribution < 1.29 is 0 Å². The first-order chi connectivity index (χ1) is 8.43. The van der Waals surface area contributed by atoms with E-state index in [1.807, 2.05) is 5.57 Å². The van der Waals surface area contributed by atoms with Gasteiger partial charge in [0, 0.05) is 0 Å². The van der Waals surface area contributed by atoms with Crippen molar-refractivity contribution in [2.24, 2.45) is 29.6 Å². The Morgan fingerprint density at radius 1 is 0.765 bits per heavy atom. The van der Waals surface area contributed by atoms with Gasteiger partial charge >= 0.3 is 0 Å². The molecule has 5 atom stereocenters. The van der Waals surface area contributed by atoms with Gasteiger partial charge in [-0.15, -0.1) is 0 Å². The molecule has 0 radical (unpaired) electrons. The minimum atomic E-state index is 1.03. The van der Waals surface area contributed by atoms with Crippen LogP contribution in [-0.4, -0.2) is 0 Å². The molecule has 17 heavy (non-hydrogen) atoms. The van der Waals surface area contributed by atoms with Crippen LogP contribution in [0.3, 0.4) is 0 Å². The molecule has 0 aromatic heterocycles. The SMILES string of the molecule is C1=C2CCCCC2[C@H]2CCC3CCC[C@H]3C2C1. The Labute approximate surface area is 106 Å². The lowest BCUT2D eigenvalue weighted by atomic mass is 9.57. The molecule has 0 nitrogen and oxygen atoms in total. The monoisotopic (exact) mass is 230 g/mol. The molecule has 0 aromatic carbocycles. The van der Waals surface area contributed by atoms with Crippen molar-refractivity contribution in [1.82, 2.24) is 0 Å². The van der Waals surface area contributed by atoms with Crippen LogP contribution in [0.2, 0.25) is 0 Å². The van der Waals surface area contributed by atoms with Gasteiger partial charge in [-0.25, -0.2) is 0 Å². The standard InChI is InChI=1S/C17H26/c1-2-6-14-12(4-1)8-10-17-15-7-3-5-13(15)9-11-16(14)17/h8,13-17H,1-7,9-11H2/t13?,14?,15-,16-,17?/m1/s1. The predicted molar refractivity (Wildman–Crippen MR) is 71.7 cm³/mol. The zero-order valence-electron chi connectivity index (χ0n) is 11.0. The van der Waals surface area contributed by atoms with Crippen molar-refractivity contribution in [1.29, 1.82) is 0 Å². The van der Waals surface area contributed by atoms with E-state index in [0.717, 1.165) is 29.6 Å². The van der Waals surface area contributed by atoms with Crippen LogP contribution in [0.4, 0.5) is 0 Å². The fraction of sp³-hybridized carbons (Fsp3) is 0.882. The number of hydrogen-bond donors (Lipinski definition) is 0. The van der Waals surface area contributed by atoms with Gasteiger partial charge in [0.25, 0.3) is 0 Å². The highest BCUT2D eigenvalue weighted by Crippen LogP contribution is 2.56. The van der Waals surface area contributed by atoms with Gasteiger partial charge in [0.2, 0.25) is 0 Å². The number of fused-ring (bicyclic) bond motifs is 5. The summed E-state index contributed by atoms with van der Waals surface area (Å²) in [4.78, 5) is 0. The molecule has 0 bridgehead atoms. The van der Waals surface area contributed by atoms with Gasteiger partial charge in [0.15, 0.2) is 0 Å². The van der Waals surface area contributed by atoms with Gasteiger partial charge < -0.3 is 0 Å². The Balaban J connectivity index is 1.62. The first kappa shape index (κ1) is 10.6. The fourth-order valence-electron chi connectivity index (χ4n) is 5.87. The molecule has 4 aliphatic carbocycles. The van der Waals surface area contributed by atoms with E-state index < -0.39 is 0 Å². The number of hydrogen-bond acceptors (Lipinski definition) is 0. The van der Waals surface area contributed by atoms with Crippen molar-refractivity contribution in [2.75, 3.05) is 0 Å². The van der Waals surface area contributed by atoms with Crippen molar-refractivity contribution in [3.63, 3.8) is 0 Å². The van der Waals surface area contributed by atoms with E-state index in [-0.39, 0.29) is 0 Å². The summed E-state index contributed by atoms with van der Waals surface area (Å²) >= 11 is 0. The lowest BCUT2D eigenvalue weighted by Gasteiger charge is -2.48. The molecule has 3 unspecified atom stereocenters. The quantitative estimate of drug-likeness (QED) is 0.517. The second-order valence-electron chi connectivity index (χ2n) is 7.13. The second-order valence-corrected chi connectivity index (χ2v) is 7.13. The maximum absolute atomic E-state index is 2.69. The molecule has 3 saturated carbocycles. The summed E-state index contributed by atoms with van der Waals surface area (Å²) in [6.07, 6.45) is 17.9. The topological polar surface area (TPSA) is 0 Å². The second kappa shape index (κ2) is 4.14. The Bertz CT molecular complexity index is 327. The van der Waals surface area contributed by atoms with E-state index in [9.17, 15) is 0 Å². The van der Waals surface area contributed by atoms with Crippen LogP contribution in [0, 0.1) is 29.6 Å². The van der Waals surface area contributed by atoms with Crippen LogP contribution in [0.15, 0.2) is 11.6 Å². The Morgan fingerprint density at radius 3 is 2.76 bits per heavy atom. The van der Waals surface area contributed by atoms with Gasteiger partial charge in [0.1, 0.15) is 0 Å². The van der Waals surface area contributed by atoms with Crippen molar-refractivity contribution in [3.8, 4) is 0 Å². The summed E-state index contributed by atoms with van der Waals surface area (Å²) in [5.41, 5.74) is 1.88. The molecule has 4 rings (SSSR count). The summed E-state index contributed by atoms with van der Waals surface area (Å²) in [6.45, 7) is 0. The highest BCUT2D eigenvalue weighted by molar-refractivity contribution is 5.17. The summed E-state index contributed by atoms with van der Waals surface area (Å²) in [7, 11) is 0. The molecule has 0 saturated heterocycles. The van der Waals surface area contributed by atoms with E-state index in [1.54, 1.807) is 32.1 Å². The molecule has 94 valence electrons. The fourth-order valence-corrected chi connectivity index (χ4v) is 5.87. The van der Waals surface area contributed by atoms with Crippen LogP contribution in [-0.2, 0) is 0 Å². The third-order valence-electron chi connectivity index (χ3n) is 6.56. The zero-order valence-corrected chi connectivity index (χ0v) is 11.0. The highest BCUT2D eigenvalue weighted by Gasteiger charge is 2.46. The Kier molecular flexibility index (Phi) is 2.59. The van der Waals surface area contributed by atoms with Crippen LogP contribution in [0.5, 0.6) is 0 Å². The molecular formula is C17H26. The maximum Gasteiger partial charge on any atom is -0.0172 e. The molecular weight excluding hydrogens is 204 g/mol. The maximum atomic E-state index is 2.69. The van der Waals surface area contributed by atoms with Gasteiger partial charge in [-0.1, -0.05) is 30.9 Å². The first-order valence-corrected chi connectivity index (χ1v) is 8.12. The molecule has 0 aliphatic heterocycles. The van der Waals surface area contributed by atoms with Crippen molar-refractivity contribution in [3.05, 3.63) is 11.6 Å². The predicted octanol–water partition coefficient (Wildman–Crippen LogP) is 4.95. The number of allylic oxidation sites excluding steroid dienone is 2. The highest BCUT2D eigenvalue weighted by atomic mass is 14.5. The van der Waals surface area contributed by atoms with Crippen LogP contribution in [0.25, 0.3) is 0 Å². The third-order valence-corrected chi connectivity index (χ3v) is 6.56. The lowest BCUT2D eigenvalue weighted by Crippen LogP contribution is -2.39. The average molecular weight is 230 g/mol. The summed E-state index contributed by atoms with van der Waals surface area (Å²) < 4.78 is 0. The van der Waals surface area contributed by atoms with Crippen molar-refractivity contribution >= 4 is 0 Å². The molecule has 0 amide bonds. The summed E-state index contributed by atoms with van der Waals surface area (Å²) in [6, 6.07) is 0. The molecule has 0 spiro atoms. The van der Waals surface area contributed by atoms with Gasteiger partial charge in [-0.05, 0) is 74.5 Å². The summed E-state index contributed by atoms with van der Waals surface area (Å²) in [5.74, 6) is 5.50. The molecule has 3 fully saturated rings. The van der Waals surface area contributed by atoms with Crippen LogP contribution in [0.1, 0.15) is 64.2 Å². The normalized spacial score (nSPS) is 48.9. The van der Waals surface area contributed by atoms with Gasteiger partial charge in [0.05, 0.1) is 0 Å². The molecule has 4 aliphatic rings. The third kappa shape index (κ3) is 1.63. The van der Waals surface area contributed by atoms with Gasteiger partial charge in [-0.3, -0.25) is 0 Å². The van der Waals surface area contributed by atoms with E-state index >= 15 is 0 Å². The molecule has 0 aromatic rings. The summed E-state index contributed by atoms with van der Waals surface area (Å²) in [5, 5.41) is 0. The average Bonchev–Trinajstić information content (AvgIpc) is 2.86. The minimum Gasteiger partial charge on any atom is -0.0847 e. The smallest absolute Gasteiger partial charge is 0.0172 e. The zero-order chi connectivity index (χ0) is 11.2.